The minimum atomic E-state index is 0.314. The fraction of sp³-hybridized carbons (Fsp3) is 0.900. The fourth-order valence-corrected chi connectivity index (χ4v) is 3.14. The molecule has 3 aliphatic rings. The Hall–Kier alpha value is -0.570. The highest BCUT2D eigenvalue weighted by molar-refractivity contribution is 5.80. The molecule has 3 fully saturated rings. The topological polar surface area (TPSA) is 32.3 Å². The fourth-order valence-electron chi connectivity index (χ4n) is 3.14. The van der Waals surface area contributed by atoms with Gasteiger partial charge in [-0.1, -0.05) is 12.8 Å². The van der Waals surface area contributed by atoms with Gasteiger partial charge in [-0.05, 0) is 24.7 Å². The Balaban J connectivity index is 1.72. The van der Waals surface area contributed by atoms with Crippen LogP contribution in [0.25, 0.3) is 0 Å². The van der Waals surface area contributed by atoms with Crippen molar-refractivity contribution in [1.29, 1.82) is 0 Å². The van der Waals surface area contributed by atoms with Gasteiger partial charge in [0.2, 0.25) is 5.91 Å². The van der Waals surface area contributed by atoms with E-state index in [2.05, 4.69) is 10.2 Å². The highest BCUT2D eigenvalue weighted by Crippen LogP contribution is 2.60. The standard InChI is InChI=1S/C10H16N2O/c13-9-6-11-7-12(9)8-5-10(8)3-1-2-4-10/h8,11H,1-7H2. The van der Waals surface area contributed by atoms with Crippen LogP contribution in [0, 0.1) is 5.41 Å². The second kappa shape index (κ2) is 2.47. The average molecular weight is 180 g/mol. The van der Waals surface area contributed by atoms with Crippen molar-refractivity contribution in [1.82, 2.24) is 10.2 Å². The molecular formula is C10H16N2O. The summed E-state index contributed by atoms with van der Waals surface area (Å²) in [6, 6.07) is 0.595. The quantitative estimate of drug-likeness (QED) is 0.644. The summed E-state index contributed by atoms with van der Waals surface area (Å²) >= 11 is 0. The van der Waals surface area contributed by atoms with Crippen LogP contribution in [0.15, 0.2) is 0 Å². The Morgan fingerprint density at radius 3 is 2.77 bits per heavy atom. The molecule has 3 rings (SSSR count). The van der Waals surface area contributed by atoms with E-state index in [-0.39, 0.29) is 0 Å². The molecule has 0 aromatic rings. The summed E-state index contributed by atoms with van der Waals surface area (Å²) in [5.74, 6) is 0.314. The first kappa shape index (κ1) is 7.80. The largest absolute Gasteiger partial charge is 0.325 e. The van der Waals surface area contributed by atoms with Crippen molar-refractivity contribution in [2.45, 2.75) is 38.1 Å². The van der Waals surface area contributed by atoms with Crippen LogP contribution in [0.3, 0.4) is 0 Å². The molecule has 3 nitrogen and oxygen atoms in total. The lowest BCUT2D eigenvalue weighted by Crippen LogP contribution is -2.31. The normalized spacial score (nSPS) is 36.2. The number of nitrogens with one attached hydrogen (secondary N) is 1. The molecule has 1 saturated heterocycles. The van der Waals surface area contributed by atoms with Gasteiger partial charge < -0.3 is 4.90 Å². The molecule has 72 valence electrons. The lowest BCUT2D eigenvalue weighted by molar-refractivity contribution is -0.127. The van der Waals surface area contributed by atoms with Crippen LogP contribution in [-0.4, -0.2) is 30.1 Å². The van der Waals surface area contributed by atoms with Gasteiger partial charge in [0, 0.05) is 6.04 Å². The van der Waals surface area contributed by atoms with Gasteiger partial charge in [0.05, 0.1) is 13.2 Å². The van der Waals surface area contributed by atoms with Gasteiger partial charge in [-0.2, -0.15) is 0 Å². The average Bonchev–Trinajstić information content (AvgIpc) is 2.50. The molecule has 13 heavy (non-hydrogen) atoms. The third-order valence-corrected chi connectivity index (χ3v) is 4.00. The van der Waals surface area contributed by atoms with E-state index in [9.17, 15) is 4.79 Å². The maximum atomic E-state index is 11.5. The molecule has 1 unspecified atom stereocenters. The van der Waals surface area contributed by atoms with E-state index >= 15 is 0 Å². The molecule has 2 saturated carbocycles. The van der Waals surface area contributed by atoms with Crippen molar-refractivity contribution in [2.75, 3.05) is 13.2 Å². The molecule has 1 atom stereocenters. The Labute approximate surface area is 78.5 Å². The first-order chi connectivity index (χ1) is 6.32. The molecule has 1 aliphatic heterocycles. The number of hydrogen-bond donors (Lipinski definition) is 1. The zero-order chi connectivity index (χ0) is 8.89. The third kappa shape index (κ3) is 1.03. The number of carbonyl (C=O) groups is 1. The maximum Gasteiger partial charge on any atom is 0.237 e. The second-order valence-corrected chi connectivity index (χ2v) is 4.74. The van der Waals surface area contributed by atoms with Gasteiger partial charge in [-0.15, -0.1) is 0 Å². The smallest absolute Gasteiger partial charge is 0.237 e. The Morgan fingerprint density at radius 2 is 2.15 bits per heavy atom. The van der Waals surface area contributed by atoms with Gasteiger partial charge in [-0.25, -0.2) is 0 Å². The Bertz CT molecular complexity index is 245. The molecule has 1 N–H and O–H groups in total. The highest BCUT2D eigenvalue weighted by atomic mass is 16.2. The van der Waals surface area contributed by atoms with Crippen molar-refractivity contribution < 1.29 is 4.79 Å². The molecule has 0 aromatic heterocycles. The lowest BCUT2D eigenvalue weighted by atomic mass is 10.0. The van der Waals surface area contributed by atoms with E-state index in [4.69, 9.17) is 0 Å². The first-order valence-corrected chi connectivity index (χ1v) is 5.32. The van der Waals surface area contributed by atoms with E-state index in [0.29, 0.717) is 23.9 Å². The van der Waals surface area contributed by atoms with Crippen LogP contribution in [0.1, 0.15) is 32.1 Å². The summed E-state index contributed by atoms with van der Waals surface area (Å²) in [5.41, 5.74) is 0.571. The van der Waals surface area contributed by atoms with E-state index in [0.717, 1.165) is 6.67 Å². The molecule has 3 heteroatoms. The van der Waals surface area contributed by atoms with E-state index < -0.39 is 0 Å². The van der Waals surface area contributed by atoms with Crippen molar-refractivity contribution in [3.05, 3.63) is 0 Å². The number of hydrogen-bond acceptors (Lipinski definition) is 2. The van der Waals surface area contributed by atoms with Gasteiger partial charge in [0.1, 0.15) is 0 Å². The summed E-state index contributed by atoms with van der Waals surface area (Å²) in [5, 5.41) is 3.13. The van der Waals surface area contributed by atoms with E-state index in [1.807, 2.05) is 0 Å². The number of amides is 1. The molecule has 0 radical (unpaired) electrons. The van der Waals surface area contributed by atoms with Crippen LogP contribution >= 0.6 is 0 Å². The van der Waals surface area contributed by atoms with Gasteiger partial charge in [-0.3, -0.25) is 10.1 Å². The number of nitrogens with zero attached hydrogens (tertiary/aromatic N) is 1. The van der Waals surface area contributed by atoms with Gasteiger partial charge in [0.15, 0.2) is 0 Å². The van der Waals surface area contributed by atoms with Gasteiger partial charge >= 0.3 is 0 Å². The van der Waals surface area contributed by atoms with Crippen LogP contribution in [0.4, 0.5) is 0 Å². The predicted octanol–water partition coefficient (Wildman–Crippen LogP) is 0.708. The monoisotopic (exact) mass is 180 g/mol. The third-order valence-electron chi connectivity index (χ3n) is 4.00. The van der Waals surface area contributed by atoms with Crippen LogP contribution < -0.4 is 5.32 Å². The zero-order valence-electron chi connectivity index (χ0n) is 7.88. The molecule has 1 heterocycles. The molecular weight excluding hydrogens is 164 g/mol. The van der Waals surface area contributed by atoms with Crippen molar-refractivity contribution in [3.63, 3.8) is 0 Å². The highest BCUT2D eigenvalue weighted by Gasteiger charge is 2.59. The molecule has 1 spiro atoms. The summed E-state index contributed by atoms with van der Waals surface area (Å²) in [6.45, 7) is 1.36. The second-order valence-electron chi connectivity index (χ2n) is 4.74. The number of rotatable bonds is 1. The summed E-state index contributed by atoms with van der Waals surface area (Å²) in [6.07, 6.45) is 6.77. The van der Waals surface area contributed by atoms with E-state index in [1.54, 1.807) is 0 Å². The SMILES string of the molecule is O=C1CNCN1C1CC12CCCC2. The zero-order valence-corrected chi connectivity index (χ0v) is 7.88. The van der Waals surface area contributed by atoms with Crippen LogP contribution in [0.2, 0.25) is 0 Å². The minimum absolute atomic E-state index is 0.314. The van der Waals surface area contributed by atoms with Crippen LogP contribution in [0.5, 0.6) is 0 Å². The lowest BCUT2D eigenvalue weighted by Gasteiger charge is -2.18. The van der Waals surface area contributed by atoms with Crippen molar-refractivity contribution in [3.8, 4) is 0 Å². The summed E-state index contributed by atoms with van der Waals surface area (Å²) < 4.78 is 0. The van der Waals surface area contributed by atoms with Crippen molar-refractivity contribution >= 4 is 5.91 Å². The summed E-state index contributed by atoms with van der Waals surface area (Å²) in [7, 11) is 0. The number of carbonyl (C=O) groups excluding carboxylic acids is 1. The van der Waals surface area contributed by atoms with Crippen LogP contribution in [-0.2, 0) is 4.79 Å². The van der Waals surface area contributed by atoms with Gasteiger partial charge in [0.25, 0.3) is 0 Å². The summed E-state index contributed by atoms with van der Waals surface area (Å²) in [4.78, 5) is 13.5. The Kier molecular flexibility index (Phi) is 1.48. The molecule has 1 amide bonds. The van der Waals surface area contributed by atoms with E-state index in [1.165, 1.54) is 32.1 Å². The minimum Gasteiger partial charge on any atom is -0.325 e. The molecule has 0 bridgehead atoms. The maximum absolute atomic E-state index is 11.5. The van der Waals surface area contributed by atoms with Crippen molar-refractivity contribution in [2.24, 2.45) is 5.41 Å². The Morgan fingerprint density at radius 1 is 1.38 bits per heavy atom. The molecule has 0 aromatic carbocycles. The predicted molar refractivity (Wildman–Crippen MR) is 49.0 cm³/mol. The first-order valence-electron chi connectivity index (χ1n) is 5.32. The molecule has 2 aliphatic carbocycles.